The van der Waals surface area contributed by atoms with Gasteiger partial charge in [0.25, 0.3) is 0 Å². The lowest BCUT2D eigenvalue weighted by molar-refractivity contribution is 0.284. The molecule has 0 radical (unpaired) electrons. The fraction of sp³-hybridized carbons (Fsp3) is 0.429. The first-order chi connectivity index (χ1) is 11.8. The number of nitrogens with zero attached hydrogens (tertiary/aromatic N) is 1. The molecule has 2 aromatic carbocycles. The van der Waals surface area contributed by atoms with Crippen LogP contribution in [-0.4, -0.2) is 24.8 Å². The largest absolute Gasteiger partial charge is 0.487 e. The molecule has 0 fully saturated rings. The Morgan fingerprint density at radius 3 is 2.33 bits per heavy atom. The summed E-state index contributed by atoms with van der Waals surface area (Å²) in [5.74, 6) is 0.932. The van der Waals surface area contributed by atoms with E-state index in [0.29, 0.717) is 6.61 Å². The lowest BCUT2D eigenvalue weighted by Crippen LogP contribution is -2.26. The number of para-hydroxylation sites is 2. The van der Waals surface area contributed by atoms with Gasteiger partial charge in [-0.05, 0) is 37.0 Å². The lowest BCUT2D eigenvalue weighted by atomic mass is 10.2. The number of benzene rings is 2. The molecule has 1 N–H and O–H groups in total. The molecule has 0 saturated carbocycles. The van der Waals surface area contributed by atoms with Gasteiger partial charge < -0.3 is 14.7 Å². The fourth-order valence-corrected chi connectivity index (χ4v) is 2.69. The van der Waals surface area contributed by atoms with Crippen molar-refractivity contribution in [2.24, 2.45) is 0 Å². The van der Waals surface area contributed by atoms with Crippen molar-refractivity contribution in [1.82, 2.24) is 0 Å². The van der Waals surface area contributed by atoms with E-state index in [2.05, 4.69) is 36.1 Å². The molecule has 0 aromatic heterocycles. The average Bonchev–Trinajstić information content (AvgIpc) is 2.64. The molecule has 0 heterocycles. The number of hydrogen-bond acceptors (Lipinski definition) is 3. The minimum atomic E-state index is 0.258. The van der Waals surface area contributed by atoms with Crippen LogP contribution in [-0.2, 0) is 6.61 Å². The summed E-state index contributed by atoms with van der Waals surface area (Å²) < 4.78 is 6.10. The van der Waals surface area contributed by atoms with E-state index >= 15 is 0 Å². The smallest absolute Gasteiger partial charge is 0.143 e. The molecule has 0 bridgehead atoms. The van der Waals surface area contributed by atoms with Gasteiger partial charge in [0.15, 0.2) is 0 Å². The Labute approximate surface area is 145 Å². The van der Waals surface area contributed by atoms with Gasteiger partial charge in [0, 0.05) is 19.7 Å². The van der Waals surface area contributed by atoms with E-state index in [1.165, 1.54) is 12.0 Å². The van der Waals surface area contributed by atoms with Crippen LogP contribution in [0.25, 0.3) is 0 Å². The maximum atomic E-state index is 9.05. The molecule has 130 valence electrons. The molecule has 3 heteroatoms. The molecule has 24 heavy (non-hydrogen) atoms. The van der Waals surface area contributed by atoms with E-state index in [0.717, 1.165) is 43.8 Å². The minimum absolute atomic E-state index is 0.258. The summed E-state index contributed by atoms with van der Waals surface area (Å²) in [6, 6.07) is 18.5. The van der Waals surface area contributed by atoms with E-state index in [1.54, 1.807) is 0 Å². The van der Waals surface area contributed by atoms with Gasteiger partial charge >= 0.3 is 0 Å². The van der Waals surface area contributed by atoms with Crippen LogP contribution in [0.5, 0.6) is 5.75 Å². The Morgan fingerprint density at radius 1 is 0.875 bits per heavy atom. The quantitative estimate of drug-likeness (QED) is 0.610. The Hall–Kier alpha value is -2.00. The number of aliphatic hydroxyl groups excluding tert-OH is 1. The Kier molecular flexibility index (Phi) is 8.19. The number of ether oxygens (including phenoxy) is 1. The van der Waals surface area contributed by atoms with Crippen molar-refractivity contribution in [3.05, 3.63) is 60.2 Å². The second kappa shape index (κ2) is 10.7. The van der Waals surface area contributed by atoms with Crippen molar-refractivity contribution in [3.63, 3.8) is 0 Å². The lowest BCUT2D eigenvalue weighted by Gasteiger charge is -2.27. The minimum Gasteiger partial charge on any atom is -0.487 e. The summed E-state index contributed by atoms with van der Waals surface area (Å²) >= 11 is 0. The molecule has 0 aliphatic heterocycles. The molecule has 0 unspecified atom stereocenters. The van der Waals surface area contributed by atoms with Crippen LogP contribution < -0.4 is 9.64 Å². The number of unbranched alkanes of at least 4 members (excludes halogenated alkanes) is 2. The van der Waals surface area contributed by atoms with Crippen molar-refractivity contribution in [1.29, 1.82) is 0 Å². The standard InChI is InChI=1S/C21H29NO2/c1-2-3-15-22(16-9-10-17-23)20-13-7-8-14-21(20)24-18-19-11-5-4-6-12-19/h4-8,11-14,23H,2-3,9-10,15-18H2,1H3. The summed E-state index contributed by atoms with van der Waals surface area (Å²) in [7, 11) is 0. The van der Waals surface area contributed by atoms with Crippen molar-refractivity contribution in [2.45, 2.75) is 39.2 Å². The van der Waals surface area contributed by atoms with Gasteiger partial charge in [0.2, 0.25) is 0 Å². The second-order valence-electron chi connectivity index (χ2n) is 6.01. The van der Waals surface area contributed by atoms with Crippen molar-refractivity contribution >= 4 is 5.69 Å². The highest BCUT2D eigenvalue weighted by Gasteiger charge is 2.11. The Balaban J connectivity index is 2.07. The van der Waals surface area contributed by atoms with Crippen LogP contribution in [0.15, 0.2) is 54.6 Å². The highest BCUT2D eigenvalue weighted by molar-refractivity contribution is 5.58. The number of rotatable bonds is 11. The fourth-order valence-electron chi connectivity index (χ4n) is 2.69. The first-order valence-corrected chi connectivity index (χ1v) is 8.96. The third-order valence-corrected chi connectivity index (χ3v) is 4.06. The molecule has 0 spiro atoms. The second-order valence-corrected chi connectivity index (χ2v) is 6.01. The summed E-state index contributed by atoms with van der Waals surface area (Å²) in [5, 5.41) is 9.05. The summed E-state index contributed by atoms with van der Waals surface area (Å²) in [6.45, 7) is 5.02. The maximum Gasteiger partial charge on any atom is 0.143 e. The number of hydrogen-bond donors (Lipinski definition) is 1. The highest BCUT2D eigenvalue weighted by Crippen LogP contribution is 2.29. The Bertz CT molecular complexity index is 571. The zero-order valence-corrected chi connectivity index (χ0v) is 14.7. The number of anilines is 1. The maximum absolute atomic E-state index is 9.05. The van der Waals surface area contributed by atoms with E-state index in [9.17, 15) is 0 Å². The Morgan fingerprint density at radius 2 is 1.58 bits per heavy atom. The predicted octanol–water partition coefficient (Wildman–Crippen LogP) is 4.64. The van der Waals surface area contributed by atoms with Gasteiger partial charge in [-0.25, -0.2) is 0 Å². The topological polar surface area (TPSA) is 32.7 Å². The van der Waals surface area contributed by atoms with Gasteiger partial charge in [0.05, 0.1) is 5.69 Å². The van der Waals surface area contributed by atoms with Crippen LogP contribution in [0.1, 0.15) is 38.2 Å². The molecule has 3 nitrogen and oxygen atoms in total. The van der Waals surface area contributed by atoms with E-state index in [1.807, 2.05) is 30.3 Å². The van der Waals surface area contributed by atoms with E-state index < -0.39 is 0 Å². The van der Waals surface area contributed by atoms with Gasteiger partial charge in [-0.2, -0.15) is 0 Å². The molecule has 0 amide bonds. The van der Waals surface area contributed by atoms with E-state index in [-0.39, 0.29) is 6.61 Å². The zero-order chi connectivity index (χ0) is 17.0. The van der Waals surface area contributed by atoms with Crippen LogP contribution in [0.3, 0.4) is 0 Å². The molecule has 0 saturated heterocycles. The molecule has 2 rings (SSSR count). The number of aliphatic hydroxyl groups is 1. The first kappa shape index (κ1) is 18.3. The first-order valence-electron chi connectivity index (χ1n) is 8.96. The van der Waals surface area contributed by atoms with E-state index in [4.69, 9.17) is 9.84 Å². The molecule has 2 aromatic rings. The molecule has 0 aliphatic carbocycles. The molecular formula is C21H29NO2. The average molecular weight is 327 g/mol. The summed E-state index contributed by atoms with van der Waals surface area (Å²) in [4.78, 5) is 2.39. The van der Waals surface area contributed by atoms with Crippen molar-refractivity contribution in [3.8, 4) is 5.75 Å². The van der Waals surface area contributed by atoms with Gasteiger partial charge in [-0.3, -0.25) is 0 Å². The van der Waals surface area contributed by atoms with Gasteiger partial charge in [0.1, 0.15) is 12.4 Å². The molecule has 0 atom stereocenters. The molecular weight excluding hydrogens is 298 g/mol. The van der Waals surface area contributed by atoms with Crippen molar-refractivity contribution in [2.75, 3.05) is 24.6 Å². The third kappa shape index (κ3) is 5.89. The van der Waals surface area contributed by atoms with Crippen LogP contribution in [0, 0.1) is 0 Å². The van der Waals surface area contributed by atoms with Crippen LogP contribution in [0.2, 0.25) is 0 Å². The zero-order valence-electron chi connectivity index (χ0n) is 14.7. The van der Waals surface area contributed by atoms with Crippen LogP contribution >= 0.6 is 0 Å². The van der Waals surface area contributed by atoms with Crippen molar-refractivity contribution < 1.29 is 9.84 Å². The van der Waals surface area contributed by atoms with Crippen LogP contribution in [0.4, 0.5) is 5.69 Å². The molecule has 0 aliphatic rings. The summed E-state index contributed by atoms with van der Waals surface area (Å²) in [5.41, 5.74) is 2.33. The highest BCUT2D eigenvalue weighted by atomic mass is 16.5. The summed E-state index contributed by atoms with van der Waals surface area (Å²) in [6.07, 6.45) is 4.17. The SMILES string of the molecule is CCCCN(CCCCO)c1ccccc1OCc1ccccc1. The predicted molar refractivity (Wildman–Crippen MR) is 101 cm³/mol. The van der Waals surface area contributed by atoms with Gasteiger partial charge in [-0.15, -0.1) is 0 Å². The monoisotopic (exact) mass is 327 g/mol. The third-order valence-electron chi connectivity index (χ3n) is 4.06. The normalized spacial score (nSPS) is 10.6. The van der Waals surface area contributed by atoms with Gasteiger partial charge in [-0.1, -0.05) is 55.8 Å².